The van der Waals surface area contributed by atoms with Crippen LogP contribution in [-0.4, -0.2) is 35.6 Å². The van der Waals surface area contributed by atoms with Crippen LogP contribution in [0.3, 0.4) is 0 Å². The highest BCUT2D eigenvalue weighted by molar-refractivity contribution is 5.89. The van der Waals surface area contributed by atoms with Crippen LogP contribution in [0.5, 0.6) is 0 Å². The number of rotatable bonds is 4. The monoisotopic (exact) mass is 281 g/mol. The van der Waals surface area contributed by atoms with Gasteiger partial charge in [-0.15, -0.1) is 0 Å². The van der Waals surface area contributed by atoms with E-state index in [-0.39, 0.29) is 18.4 Å². The number of nitrogens with one attached hydrogen (secondary N) is 1. The molecule has 0 aromatic heterocycles. The van der Waals surface area contributed by atoms with Gasteiger partial charge < -0.3 is 14.8 Å². The Morgan fingerprint density at radius 1 is 1.55 bits per heavy atom. The summed E-state index contributed by atoms with van der Waals surface area (Å²) in [5, 5.41) is 2.36. The van der Waals surface area contributed by atoms with Crippen molar-refractivity contribution in [2.75, 3.05) is 6.54 Å². The van der Waals surface area contributed by atoms with Gasteiger partial charge in [0.1, 0.15) is 17.7 Å². The Bertz CT molecular complexity index is 474. The van der Waals surface area contributed by atoms with Gasteiger partial charge >= 0.3 is 11.9 Å². The Hall–Kier alpha value is -1.85. The standard InChI is InChI=1S/C14H19NO5/c1-4-10(16)15-8-11(17)19-13(2)6-5-9-7-14(13,3)20-12(9)18/h4,9H,1,5-8H2,2-3H3,(H,15,16). The number of fused-ring (bicyclic) bond motifs is 2. The second-order valence-corrected chi connectivity index (χ2v) is 5.72. The number of carbonyl (C=O) groups is 3. The van der Waals surface area contributed by atoms with E-state index in [4.69, 9.17) is 9.47 Å². The fourth-order valence-corrected chi connectivity index (χ4v) is 2.84. The molecule has 3 unspecified atom stereocenters. The summed E-state index contributed by atoms with van der Waals surface area (Å²) in [4.78, 5) is 34.5. The minimum absolute atomic E-state index is 0.0905. The molecule has 110 valence electrons. The van der Waals surface area contributed by atoms with E-state index in [1.54, 1.807) is 13.8 Å². The average Bonchev–Trinajstić information content (AvgIpc) is 2.65. The van der Waals surface area contributed by atoms with Crippen LogP contribution >= 0.6 is 0 Å². The molecule has 0 radical (unpaired) electrons. The van der Waals surface area contributed by atoms with Gasteiger partial charge in [-0.05, 0) is 32.8 Å². The minimum Gasteiger partial charge on any atom is -0.455 e. The van der Waals surface area contributed by atoms with Gasteiger partial charge in [-0.1, -0.05) is 6.58 Å². The summed E-state index contributed by atoms with van der Waals surface area (Å²) in [5.74, 6) is -1.29. The summed E-state index contributed by atoms with van der Waals surface area (Å²) in [6.07, 6.45) is 2.87. The minimum atomic E-state index is -0.856. The lowest BCUT2D eigenvalue weighted by molar-refractivity contribution is -0.196. The molecule has 1 aliphatic carbocycles. The molecule has 1 aliphatic heterocycles. The van der Waals surface area contributed by atoms with Crippen LogP contribution in [0.15, 0.2) is 12.7 Å². The first-order valence-electron chi connectivity index (χ1n) is 6.65. The average molecular weight is 281 g/mol. The molecular formula is C14H19NO5. The molecule has 1 amide bonds. The Morgan fingerprint density at radius 3 is 2.90 bits per heavy atom. The van der Waals surface area contributed by atoms with E-state index in [0.717, 1.165) is 6.08 Å². The Kier molecular flexibility index (Phi) is 3.58. The van der Waals surface area contributed by atoms with Crippen molar-refractivity contribution < 1.29 is 23.9 Å². The summed E-state index contributed by atoms with van der Waals surface area (Å²) < 4.78 is 10.9. The van der Waals surface area contributed by atoms with Gasteiger partial charge in [0.25, 0.3) is 0 Å². The Morgan fingerprint density at radius 2 is 2.25 bits per heavy atom. The van der Waals surface area contributed by atoms with Gasteiger partial charge in [0.05, 0.1) is 5.92 Å². The summed E-state index contributed by atoms with van der Waals surface area (Å²) in [6, 6.07) is 0. The molecule has 6 nitrogen and oxygen atoms in total. The van der Waals surface area contributed by atoms with Crippen molar-refractivity contribution in [1.82, 2.24) is 5.32 Å². The maximum atomic E-state index is 11.8. The maximum absolute atomic E-state index is 11.8. The predicted molar refractivity (Wildman–Crippen MR) is 69.5 cm³/mol. The van der Waals surface area contributed by atoms with E-state index in [1.165, 1.54) is 0 Å². The molecule has 0 aromatic carbocycles. The smallest absolute Gasteiger partial charge is 0.326 e. The Labute approximate surface area is 117 Å². The molecule has 2 aliphatic rings. The largest absolute Gasteiger partial charge is 0.455 e. The second-order valence-electron chi connectivity index (χ2n) is 5.72. The van der Waals surface area contributed by atoms with E-state index >= 15 is 0 Å². The zero-order valence-electron chi connectivity index (χ0n) is 11.7. The SMILES string of the molecule is C=CC(=O)NCC(=O)OC1(C)CCC2CC1(C)OC2=O. The number of carbonyl (C=O) groups excluding carboxylic acids is 3. The molecule has 1 saturated heterocycles. The van der Waals surface area contributed by atoms with E-state index in [1.807, 2.05) is 0 Å². The lowest BCUT2D eigenvalue weighted by atomic mass is 9.71. The first-order chi connectivity index (χ1) is 9.29. The fraction of sp³-hybridized carbons (Fsp3) is 0.643. The number of esters is 2. The van der Waals surface area contributed by atoms with Gasteiger partial charge in [-0.25, -0.2) is 0 Å². The van der Waals surface area contributed by atoms with Gasteiger partial charge in [0, 0.05) is 6.42 Å². The number of amides is 1. The van der Waals surface area contributed by atoms with Crippen LogP contribution in [0.1, 0.15) is 33.1 Å². The van der Waals surface area contributed by atoms with Crippen LogP contribution in [0, 0.1) is 5.92 Å². The van der Waals surface area contributed by atoms with Gasteiger partial charge in [0.15, 0.2) is 0 Å². The van der Waals surface area contributed by atoms with Crippen molar-refractivity contribution in [3.8, 4) is 0 Å². The first-order valence-corrected chi connectivity index (χ1v) is 6.65. The van der Waals surface area contributed by atoms with Crippen LogP contribution in [0.4, 0.5) is 0 Å². The molecule has 3 atom stereocenters. The third kappa shape index (κ3) is 2.42. The highest BCUT2D eigenvalue weighted by Gasteiger charge is 2.60. The topological polar surface area (TPSA) is 81.7 Å². The molecule has 1 heterocycles. The molecule has 2 rings (SSSR count). The van der Waals surface area contributed by atoms with E-state index in [9.17, 15) is 14.4 Å². The predicted octanol–water partition coefficient (Wildman–Crippen LogP) is 0.706. The Balaban J connectivity index is 2.00. The van der Waals surface area contributed by atoms with Crippen molar-refractivity contribution >= 4 is 17.8 Å². The third-order valence-corrected chi connectivity index (χ3v) is 4.32. The second kappa shape index (κ2) is 4.92. The molecule has 1 saturated carbocycles. The van der Waals surface area contributed by atoms with Gasteiger partial charge in [-0.2, -0.15) is 0 Å². The number of hydrogen-bond acceptors (Lipinski definition) is 5. The third-order valence-electron chi connectivity index (χ3n) is 4.32. The summed E-state index contributed by atoms with van der Waals surface area (Å²) in [7, 11) is 0. The van der Waals surface area contributed by atoms with Crippen LogP contribution < -0.4 is 5.32 Å². The van der Waals surface area contributed by atoms with E-state index in [2.05, 4.69) is 11.9 Å². The molecule has 20 heavy (non-hydrogen) atoms. The van der Waals surface area contributed by atoms with Crippen LogP contribution in [0.2, 0.25) is 0 Å². The summed E-state index contributed by atoms with van der Waals surface area (Å²) >= 11 is 0. The van der Waals surface area contributed by atoms with Crippen LogP contribution in [-0.2, 0) is 23.9 Å². The molecule has 0 spiro atoms. The van der Waals surface area contributed by atoms with Crippen molar-refractivity contribution in [3.63, 3.8) is 0 Å². The van der Waals surface area contributed by atoms with E-state index < -0.39 is 23.1 Å². The summed E-state index contributed by atoms with van der Waals surface area (Å²) in [5.41, 5.74) is -1.64. The molecule has 2 fully saturated rings. The van der Waals surface area contributed by atoms with Crippen molar-refractivity contribution in [1.29, 1.82) is 0 Å². The van der Waals surface area contributed by atoms with Crippen molar-refractivity contribution in [2.24, 2.45) is 5.92 Å². The molecular weight excluding hydrogens is 262 g/mol. The first kappa shape index (κ1) is 14.6. The highest BCUT2D eigenvalue weighted by Crippen LogP contribution is 2.50. The number of hydrogen-bond donors (Lipinski definition) is 1. The fourth-order valence-electron chi connectivity index (χ4n) is 2.84. The van der Waals surface area contributed by atoms with Crippen LogP contribution in [0.25, 0.3) is 0 Å². The lowest BCUT2D eigenvalue weighted by Gasteiger charge is -2.43. The molecule has 1 N–H and O–H groups in total. The van der Waals surface area contributed by atoms with Crippen molar-refractivity contribution in [3.05, 3.63) is 12.7 Å². The quantitative estimate of drug-likeness (QED) is 0.606. The normalized spacial score (nSPS) is 35.1. The zero-order chi connectivity index (χ0) is 15.0. The summed E-state index contributed by atoms with van der Waals surface area (Å²) in [6.45, 7) is 6.63. The number of ether oxygens (including phenoxy) is 2. The molecule has 6 heteroatoms. The van der Waals surface area contributed by atoms with Gasteiger partial charge in [-0.3, -0.25) is 14.4 Å². The van der Waals surface area contributed by atoms with Crippen molar-refractivity contribution in [2.45, 2.75) is 44.3 Å². The highest BCUT2D eigenvalue weighted by atomic mass is 16.6. The maximum Gasteiger partial charge on any atom is 0.326 e. The lowest BCUT2D eigenvalue weighted by Crippen LogP contribution is -2.55. The molecule has 2 bridgehead atoms. The molecule has 0 aromatic rings. The van der Waals surface area contributed by atoms with Gasteiger partial charge in [0.2, 0.25) is 5.91 Å². The zero-order valence-corrected chi connectivity index (χ0v) is 11.7. The van der Waals surface area contributed by atoms with E-state index in [0.29, 0.717) is 19.3 Å².